The molecule has 0 bridgehead atoms. The van der Waals surface area contributed by atoms with Crippen molar-refractivity contribution in [1.29, 1.82) is 0 Å². The minimum atomic E-state index is -4.14. The molecular weight excluding hydrogens is 281 g/mol. The van der Waals surface area contributed by atoms with E-state index in [4.69, 9.17) is 10.5 Å². The van der Waals surface area contributed by atoms with E-state index in [0.717, 1.165) is 5.69 Å². The number of halogens is 3. The van der Waals surface area contributed by atoms with Crippen LogP contribution in [0.1, 0.15) is 26.7 Å². The van der Waals surface area contributed by atoms with Crippen LogP contribution in [0.15, 0.2) is 18.2 Å². The number of alkyl halides is 3. The Bertz CT molecular complexity index is 488. The number of nitrogen functional groups attached to an aromatic ring is 1. The first-order valence-corrected chi connectivity index (χ1v) is 7.15. The molecule has 0 aromatic heterocycles. The van der Waals surface area contributed by atoms with Gasteiger partial charge in [-0.2, -0.15) is 13.2 Å². The first-order chi connectivity index (χ1) is 9.77. The van der Waals surface area contributed by atoms with Crippen molar-refractivity contribution >= 4 is 11.4 Å². The van der Waals surface area contributed by atoms with Crippen molar-refractivity contribution in [3.63, 3.8) is 0 Å². The predicted octanol–water partition coefficient (Wildman–Crippen LogP) is 3.83. The zero-order valence-corrected chi connectivity index (χ0v) is 12.3. The van der Waals surface area contributed by atoms with Gasteiger partial charge in [0.2, 0.25) is 0 Å². The summed E-state index contributed by atoms with van der Waals surface area (Å²) in [6.45, 7) is 4.38. The van der Waals surface area contributed by atoms with Crippen LogP contribution < -0.4 is 15.4 Å². The van der Waals surface area contributed by atoms with Crippen molar-refractivity contribution < 1.29 is 17.9 Å². The van der Waals surface area contributed by atoms with Crippen molar-refractivity contribution in [3.8, 4) is 5.75 Å². The minimum absolute atomic E-state index is 0.00542. The highest BCUT2D eigenvalue weighted by molar-refractivity contribution is 5.62. The van der Waals surface area contributed by atoms with E-state index in [2.05, 4.69) is 0 Å². The van der Waals surface area contributed by atoms with Crippen LogP contribution in [-0.2, 0) is 0 Å². The topological polar surface area (TPSA) is 38.5 Å². The van der Waals surface area contributed by atoms with Gasteiger partial charge in [-0.1, -0.05) is 0 Å². The van der Waals surface area contributed by atoms with Gasteiger partial charge < -0.3 is 15.4 Å². The quantitative estimate of drug-likeness (QED) is 0.862. The van der Waals surface area contributed by atoms with Crippen molar-refractivity contribution in [3.05, 3.63) is 18.2 Å². The van der Waals surface area contributed by atoms with Gasteiger partial charge in [0.1, 0.15) is 5.75 Å². The number of anilines is 2. The van der Waals surface area contributed by atoms with Crippen LogP contribution >= 0.6 is 0 Å². The van der Waals surface area contributed by atoms with E-state index in [0.29, 0.717) is 24.4 Å². The third-order valence-electron chi connectivity index (χ3n) is 3.61. The Morgan fingerprint density at radius 3 is 2.67 bits per heavy atom. The Balaban J connectivity index is 2.17. The average molecular weight is 302 g/mol. The lowest BCUT2D eigenvalue weighted by Crippen LogP contribution is -2.41. The zero-order chi connectivity index (χ0) is 15.6. The smallest absolute Gasteiger partial charge is 0.393 e. The molecule has 1 heterocycles. The molecule has 1 aliphatic heterocycles. The molecule has 2 N–H and O–H groups in total. The molecule has 1 aliphatic rings. The number of ether oxygens (including phenoxy) is 1. The molecule has 1 unspecified atom stereocenters. The highest BCUT2D eigenvalue weighted by atomic mass is 19.4. The molecule has 0 aliphatic carbocycles. The summed E-state index contributed by atoms with van der Waals surface area (Å²) in [5.41, 5.74) is 7.07. The number of piperidine rings is 1. The summed E-state index contributed by atoms with van der Waals surface area (Å²) in [6, 6.07) is 5.17. The molecule has 3 nitrogen and oxygen atoms in total. The monoisotopic (exact) mass is 302 g/mol. The van der Waals surface area contributed by atoms with Crippen LogP contribution in [0.4, 0.5) is 24.5 Å². The second kappa shape index (κ2) is 6.03. The van der Waals surface area contributed by atoms with Gasteiger partial charge in [0.15, 0.2) is 0 Å². The lowest BCUT2D eigenvalue weighted by molar-refractivity contribution is -0.175. The van der Waals surface area contributed by atoms with E-state index in [1.807, 2.05) is 13.8 Å². The number of rotatable bonds is 3. The molecule has 0 saturated carbocycles. The zero-order valence-electron chi connectivity index (χ0n) is 12.3. The Hall–Kier alpha value is -1.59. The molecule has 1 fully saturated rings. The fraction of sp³-hybridized carbons (Fsp3) is 0.600. The summed E-state index contributed by atoms with van der Waals surface area (Å²) in [4.78, 5) is 1.76. The molecule has 1 atom stereocenters. The van der Waals surface area contributed by atoms with E-state index >= 15 is 0 Å². The van der Waals surface area contributed by atoms with Crippen molar-refractivity contribution in [2.75, 3.05) is 23.7 Å². The van der Waals surface area contributed by atoms with Gasteiger partial charge in [0, 0.05) is 24.8 Å². The summed E-state index contributed by atoms with van der Waals surface area (Å²) >= 11 is 0. The van der Waals surface area contributed by atoms with Crippen molar-refractivity contribution in [2.45, 2.75) is 39.0 Å². The number of nitrogens with zero attached hydrogens (tertiary/aromatic N) is 1. The fourth-order valence-corrected chi connectivity index (χ4v) is 2.55. The number of hydrogen-bond acceptors (Lipinski definition) is 3. The van der Waals surface area contributed by atoms with Gasteiger partial charge in [-0.25, -0.2) is 0 Å². The second-order valence-electron chi connectivity index (χ2n) is 5.72. The first-order valence-electron chi connectivity index (χ1n) is 7.15. The first kappa shape index (κ1) is 15.8. The van der Waals surface area contributed by atoms with E-state index in [1.165, 1.54) is 0 Å². The summed E-state index contributed by atoms with van der Waals surface area (Å²) in [7, 11) is 0. The summed E-state index contributed by atoms with van der Waals surface area (Å²) in [5.74, 6) is -0.741. The number of benzene rings is 1. The van der Waals surface area contributed by atoms with Gasteiger partial charge >= 0.3 is 6.18 Å². The Morgan fingerprint density at radius 2 is 2.05 bits per heavy atom. The Labute approximate surface area is 122 Å². The van der Waals surface area contributed by atoms with Gasteiger partial charge in [0.05, 0.1) is 17.7 Å². The predicted molar refractivity (Wildman–Crippen MR) is 77.6 cm³/mol. The lowest BCUT2D eigenvalue weighted by Gasteiger charge is -2.35. The van der Waals surface area contributed by atoms with Crippen LogP contribution in [0.3, 0.4) is 0 Å². The summed E-state index contributed by atoms with van der Waals surface area (Å²) < 4.78 is 44.2. The largest absolute Gasteiger partial charge is 0.489 e. The third kappa shape index (κ3) is 3.95. The highest BCUT2D eigenvalue weighted by Gasteiger charge is 2.41. The molecule has 1 aromatic rings. The molecule has 2 rings (SSSR count). The number of nitrogens with two attached hydrogens (primary N) is 1. The molecule has 6 heteroatoms. The van der Waals surface area contributed by atoms with Crippen molar-refractivity contribution in [2.24, 2.45) is 5.92 Å². The van der Waals surface area contributed by atoms with Crippen LogP contribution in [0.25, 0.3) is 0 Å². The van der Waals surface area contributed by atoms with E-state index in [1.54, 1.807) is 23.1 Å². The minimum Gasteiger partial charge on any atom is -0.489 e. The normalized spacial score (nSPS) is 19.9. The van der Waals surface area contributed by atoms with Crippen molar-refractivity contribution in [1.82, 2.24) is 0 Å². The fourth-order valence-electron chi connectivity index (χ4n) is 2.55. The Morgan fingerprint density at radius 1 is 1.33 bits per heavy atom. The SMILES string of the molecule is CC(C)Oc1cc(N2CCCC(C(F)(F)F)C2)ccc1N. The lowest BCUT2D eigenvalue weighted by atomic mass is 9.97. The maximum atomic E-state index is 12.9. The van der Waals surface area contributed by atoms with Gasteiger partial charge in [-0.3, -0.25) is 0 Å². The van der Waals surface area contributed by atoms with Crippen LogP contribution in [0.5, 0.6) is 5.75 Å². The molecule has 1 saturated heterocycles. The van der Waals surface area contributed by atoms with Gasteiger partial charge in [0.25, 0.3) is 0 Å². The molecule has 1 aromatic carbocycles. The van der Waals surface area contributed by atoms with Gasteiger partial charge in [-0.05, 0) is 38.8 Å². The van der Waals surface area contributed by atoms with Gasteiger partial charge in [-0.15, -0.1) is 0 Å². The molecule has 0 radical (unpaired) electrons. The maximum Gasteiger partial charge on any atom is 0.393 e. The Kier molecular flexibility index (Phi) is 4.54. The highest BCUT2D eigenvalue weighted by Crippen LogP contribution is 2.36. The number of hydrogen-bond donors (Lipinski definition) is 1. The molecule has 0 amide bonds. The van der Waals surface area contributed by atoms with E-state index < -0.39 is 12.1 Å². The molecule has 118 valence electrons. The second-order valence-corrected chi connectivity index (χ2v) is 5.72. The maximum absolute atomic E-state index is 12.9. The average Bonchev–Trinajstić information content (AvgIpc) is 2.40. The molecule has 0 spiro atoms. The molecule has 21 heavy (non-hydrogen) atoms. The van der Waals surface area contributed by atoms with Crippen LogP contribution in [0, 0.1) is 5.92 Å². The standard InChI is InChI=1S/C15H21F3N2O/c1-10(2)21-14-8-12(5-6-13(14)19)20-7-3-4-11(9-20)15(16,17)18/h5-6,8,10-11H,3-4,7,9,19H2,1-2H3. The third-order valence-corrected chi connectivity index (χ3v) is 3.61. The van der Waals surface area contributed by atoms with Crippen LogP contribution in [0.2, 0.25) is 0 Å². The van der Waals surface area contributed by atoms with Crippen LogP contribution in [-0.4, -0.2) is 25.4 Å². The summed E-state index contributed by atoms with van der Waals surface area (Å²) in [5, 5.41) is 0. The van der Waals surface area contributed by atoms with E-state index in [-0.39, 0.29) is 19.1 Å². The summed E-state index contributed by atoms with van der Waals surface area (Å²) in [6.07, 6.45) is -3.44. The molecular formula is C15H21F3N2O. The van der Waals surface area contributed by atoms with E-state index in [9.17, 15) is 13.2 Å².